The first-order chi connectivity index (χ1) is 11.1. The zero-order chi connectivity index (χ0) is 16.2. The highest BCUT2D eigenvalue weighted by atomic mass is 16.2. The molecule has 1 heterocycles. The second-order valence-electron chi connectivity index (χ2n) is 6.66. The SMILES string of the molecule is C[C@H]1CCCC[C@H]1NC(=O)Nc1ccc(N2CCCC2=O)cc1. The van der Waals surface area contributed by atoms with Gasteiger partial charge in [0.15, 0.2) is 0 Å². The predicted octanol–water partition coefficient (Wildman–Crippen LogP) is 3.51. The molecule has 0 unspecified atom stereocenters. The highest BCUT2D eigenvalue weighted by Crippen LogP contribution is 2.25. The van der Waals surface area contributed by atoms with E-state index in [0.717, 1.165) is 30.8 Å². The van der Waals surface area contributed by atoms with E-state index >= 15 is 0 Å². The number of rotatable bonds is 3. The number of urea groups is 1. The van der Waals surface area contributed by atoms with Crippen LogP contribution in [0.5, 0.6) is 0 Å². The lowest BCUT2D eigenvalue weighted by atomic mass is 9.86. The van der Waals surface area contributed by atoms with E-state index in [1.165, 1.54) is 19.3 Å². The molecule has 1 saturated carbocycles. The summed E-state index contributed by atoms with van der Waals surface area (Å²) in [5, 5.41) is 5.96. The van der Waals surface area contributed by atoms with Crippen molar-refractivity contribution in [1.29, 1.82) is 0 Å². The first-order valence-electron chi connectivity index (χ1n) is 8.61. The van der Waals surface area contributed by atoms with Crippen LogP contribution in [0, 0.1) is 5.92 Å². The Balaban J connectivity index is 1.55. The van der Waals surface area contributed by atoms with Crippen LogP contribution >= 0.6 is 0 Å². The quantitative estimate of drug-likeness (QED) is 0.896. The van der Waals surface area contributed by atoms with Crippen LogP contribution in [0.2, 0.25) is 0 Å². The molecule has 0 radical (unpaired) electrons. The minimum atomic E-state index is -0.145. The smallest absolute Gasteiger partial charge is 0.319 e. The van der Waals surface area contributed by atoms with Crippen molar-refractivity contribution in [3.8, 4) is 0 Å². The molecule has 0 spiro atoms. The van der Waals surface area contributed by atoms with Crippen LogP contribution < -0.4 is 15.5 Å². The first kappa shape index (κ1) is 15.8. The maximum Gasteiger partial charge on any atom is 0.319 e. The van der Waals surface area contributed by atoms with Gasteiger partial charge in [-0.25, -0.2) is 4.79 Å². The standard InChI is InChI=1S/C18H25N3O2/c1-13-5-2-3-6-16(13)20-18(23)19-14-8-10-15(11-9-14)21-12-4-7-17(21)22/h8-11,13,16H,2-7,12H2,1H3,(H2,19,20,23)/t13-,16+/m0/s1. The van der Waals surface area contributed by atoms with Gasteiger partial charge in [0.05, 0.1) is 0 Å². The Hall–Kier alpha value is -2.04. The van der Waals surface area contributed by atoms with Gasteiger partial charge in [0, 0.05) is 30.4 Å². The first-order valence-corrected chi connectivity index (χ1v) is 8.61. The zero-order valence-electron chi connectivity index (χ0n) is 13.7. The number of hydrogen-bond acceptors (Lipinski definition) is 2. The van der Waals surface area contributed by atoms with Crippen LogP contribution in [0.3, 0.4) is 0 Å². The largest absolute Gasteiger partial charge is 0.335 e. The van der Waals surface area contributed by atoms with Gasteiger partial charge in [-0.15, -0.1) is 0 Å². The summed E-state index contributed by atoms with van der Waals surface area (Å²) in [4.78, 5) is 25.7. The molecule has 1 aliphatic carbocycles. The van der Waals surface area contributed by atoms with Gasteiger partial charge in [0.25, 0.3) is 0 Å². The van der Waals surface area contributed by atoms with E-state index in [2.05, 4.69) is 17.6 Å². The van der Waals surface area contributed by atoms with Crippen molar-refractivity contribution in [3.63, 3.8) is 0 Å². The molecule has 0 aromatic heterocycles. The molecule has 2 aliphatic rings. The van der Waals surface area contributed by atoms with Gasteiger partial charge in [-0.05, 0) is 49.4 Å². The minimum Gasteiger partial charge on any atom is -0.335 e. The highest BCUT2D eigenvalue weighted by Gasteiger charge is 2.23. The summed E-state index contributed by atoms with van der Waals surface area (Å²) in [7, 11) is 0. The molecule has 5 heteroatoms. The summed E-state index contributed by atoms with van der Waals surface area (Å²) in [6, 6.07) is 7.61. The van der Waals surface area contributed by atoms with Gasteiger partial charge >= 0.3 is 6.03 Å². The Bertz CT molecular complexity index is 570. The lowest BCUT2D eigenvalue weighted by molar-refractivity contribution is -0.117. The lowest BCUT2D eigenvalue weighted by Crippen LogP contribution is -2.43. The third kappa shape index (κ3) is 3.84. The van der Waals surface area contributed by atoms with Crippen molar-refractivity contribution >= 4 is 23.3 Å². The molecule has 5 nitrogen and oxygen atoms in total. The molecule has 124 valence electrons. The van der Waals surface area contributed by atoms with Gasteiger partial charge in [0.2, 0.25) is 5.91 Å². The number of carbonyl (C=O) groups is 2. The number of hydrogen-bond donors (Lipinski definition) is 2. The average Bonchev–Trinajstić information content (AvgIpc) is 2.96. The third-order valence-electron chi connectivity index (χ3n) is 4.94. The Labute approximate surface area is 137 Å². The fourth-order valence-corrected chi connectivity index (χ4v) is 3.51. The molecule has 1 aromatic rings. The van der Waals surface area contributed by atoms with Crippen molar-refractivity contribution in [3.05, 3.63) is 24.3 Å². The number of carbonyl (C=O) groups excluding carboxylic acids is 2. The van der Waals surface area contributed by atoms with E-state index < -0.39 is 0 Å². The van der Waals surface area contributed by atoms with Gasteiger partial charge in [-0.3, -0.25) is 4.79 Å². The summed E-state index contributed by atoms with van der Waals surface area (Å²) in [5.74, 6) is 0.716. The molecular weight excluding hydrogens is 290 g/mol. The molecular formula is C18H25N3O2. The molecule has 0 bridgehead atoms. The molecule has 3 rings (SSSR count). The summed E-state index contributed by atoms with van der Waals surface area (Å²) >= 11 is 0. The second-order valence-corrected chi connectivity index (χ2v) is 6.66. The molecule has 2 N–H and O–H groups in total. The number of amides is 3. The Kier molecular flexibility index (Phi) is 4.84. The van der Waals surface area contributed by atoms with E-state index in [9.17, 15) is 9.59 Å². The van der Waals surface area contributed by atoms with Crippen LogP contribution in [-0.2, 0) is 4.79 Å². The van der Waals surface area contributed by atoms with Gasteiger partial charge in [-0.2, -0.15) is 0 Å². The molecule has 1 aliphatic heterocycles. The van der Waals surface area contributed by atoms with E-state index in [-0.39, 0.29) is 18.0 Å². The van der Waals surface area contributed by atoms with E-state index in [1.807, 2.05) is 24.3 Å². The molecule has 2 atom stereocenters. The molecule has 1 aromatic carbocycles. The Morgan fingerprint density at radius 1 is 1.13 bits per heavy atom. The van der Waals surface area contributed by atoms with Crippen molar-refractivity contribution < 1.29 is 9.59 Å². The van der Waals surface area contributed by atoms with E-state index in [1.54, 1.807) is 4.90 Å². The highest BCUT2D eigenvalue weighted by molar-refractivity contribution is 5.96. The molecule has 1 saturated heterocycles. The van der Waals surface area contributed by atoms with E-state index in [4.69, 9.17) is 0 Å². The minimum absolute atomic E-state index is 0.145. The predicted molar refractivity (Wildman–Crippen MR) is 91.6 cm³/mol. The van der Waals surface area contributed by atoms with Crippen LogP contribution in [0.25, 0.3) is 0 Å². The van der Waals surface area contributed by atoms with Crippen molar-refractivity contribution in [2.24, 2.45) is 5.92 Å². The number of benzene rings is 1. The van der Waals surface area contributed by atoms with Gasteiger partial charge in [-0.1, -0.05) is 19.8 Å². The van der Waals surface area contributed by atoms with E-state index in [0.29, 0.717) is 12.3 Å². The van der Waals surface area contributed by atoms with Gasteiger partial charge < -0.3 is 15.5 Å². The average molecular weight is 315 g/mol. The summed E-state index contributed by atoms with van der Waals surface area (Å²) in [5.41, 5.74) is 1.65. The topological polar surface area (TPSA) is 61.4 Å². The van der Waals surface area contributed by atoms with Crippen molar-refractivity contribution in [2.75, 3.05) is 16.8 Å². The Morgan fingerprint density at radius 2 is 1.87 bits per heavy atom. The van der Waals surface area contributed by atoms with Crippen LogP contribution in [-0.4, -0.2) is 24.5 Å². The number of anilines is 2. The number of nitrogens with zero attached hydrogens (tertiary/aromatic N) is 1. The summed E-state index contributed by atoms with van der Waals surface area (Å²) in [6.07, 6.45) is 6.24. The third-order valence-corrected chi connectivity index (χ3v) is 4.94. The van der Waals surface area contributed by atoms with Gasteiger partial charge in [0.1, 0.15) is 0 Å². The zero-order valence-corrected chi connectivity index (χ0v) is 13.7. The maximum atomic E-state index is 12.1. The fourth-order valence-electron chi connectivity index (χ4n) is 3.51. The molecule has 23 heavy (non-hydrogen) atoms. The van der Waals surface area contributed by atoms with Crippen molar-refractivity contribution in [1.82, 2.24) is 5.32 Å². The fraction of sp³-hybridized carbons (Fsp3) is 0.556. The van der Waals surface area contributed by atoms with Crippen LogP contribution in [0.15, 0.2) is 24.3 Å². The summed E-state index contributed by atoms with van der Waals surface area (Å²) < 4.78 is 0. The lowest BCUT2D eigenvalue weighted by Gasteiger charge is -2.29. The summed E-state index contributed by atoms with van der Waals surface area (Å²) in [6.45, 7) is 2.98. The second kappa shape index (κ2) is 7.02. The normalized spacial score (nSPS) is 24.6. The number of nitrogens with one attached hydrogen (secondary N) is 2. The Morgan fingerprint density at radius 3 is 2.52 bits per heavy atom. The maximum absolute atomic E-state index is 12.1. The van der Waals surface area contributed by atoms with Crippen LogP contribution in [0.4, 0.5) is 16.2 Å². The van der Waals surface area contributed by atoms with Crippen molar-refractivity contribution in [2.45, 2.75) is 51.5 Å². The van der Waals surface area contributed by atoms with Crippen LogP contribution in [0.1, 0.15) is 45.4 Å². The molecule has 2 fully saturated rings. The monoisotopic (exact) mass is 315 g/mol. The molecule has 3 amide bonds.